The summed E-state index contributed by atoms with van der Waals surface area (Å²) in [7, 11) is 0. The zero-order chi connectivity index (χ0) is 16.0. The second-order valence-corrected chi connectivity index (χ2v) is 5.10. The Labute approximate surface area is 121 Å². The Morgan fingerprint density at radius 1 is 1.38 bits per heavy atom. The van der Waals surface area contributed by atoms with Crippen molar-refractivity contribution in [1.82, 2.24) is 5.32 Å². The fourth-order valence-electron chi connectivity index (χ4n) is 1.34. The Morgan fingerprint density at radius 3 is 2.62 bits per heavy atom. The van der Waals surface area contributed by atoms with Crippen LogP contribution in [0.25, 0.3) is 0 Å². The van der Waals surface area contributed by atoms with Crippen LogP contribution in [0.1, 0.15) is 36.7 Å². The van der Waals surface area contributed by atoms with Crippen LogP contribution in [0.4, 0.5) is 13.6 Å². The lowest BCUT2D eigenvalue weighted by atomic mass is 10.1. The third kappa shape index (κ3) is 5.22. The lowest BCUT2D eigenvalue weighted by Gasteiger charge is -2.19. The van der Waals surface area contributed by atoms with Crippen LogP contribution in [0.3, 0.4) is 0 Å². The summed E-state index contributed by atoms with van der Waals surface area (Å²) in [6, 6.07) is 2.08. The summed E-state index contributed by atoms with van der Waals surface area (Å²) in [6.07, 6.45) is -0.556. The van der Waals surface area contributed by atoms with Crippen LogP contribution < -0.4 is 5.32 Å². The number of benzene rings is 1. The van der Waals surface area contributed by atoms with Gasteiger partial charge in [0, 0.05) is 0 Å². The Morgan fingerprint density at radius 2 is 2.05 bits per heavy atom. The number of nitrogens with one attached hydrogen (secondary N) is 1. The number of rotatable bonds is 2. The van der Waals surface area contributed by atoms with Gasteiger partial charge in [-0.3, -0.25) is 4.79 Å². The first-order valence-corrected chi connectivity index (χ1v) is 6.13. The summed E-state index contributed by atoms with van der Waals surface area (Å²) in [5, 5.41) is 2.37. The fraction of sp³-hybridized carbons (Fsp3) is 0.333. The summed E-state index contributed by atoms with van der Waals surface area (Å²) in [5.74, 6) is 2.94. The minimum absolute atomic E-state index is 0.0673. The van der Waals surface area contributed by atoms with Gasteiger partial charge in [0.05, 0.1) is 17.7 Å². The van der Waals surface area contributed by atoms with Gasteiger partial charge < -0.3 is 10.1 Å². The first kappa shape index (κ1) is 16.6. The van der Waals surface area contributed by atoms with E-state index in [2.05, 4.69) is 17.2 Å². The van der Waals surface area contributed by atoms with Crippen molar-refractivity contribution < 1.29 is 23.1 Å². The minimum atomic E-state index is -1.02. The molecule has 1 amide bonds. The normalized spacial score (nSPS) is 10.3. The van der Waals surface area contributed by atoms with Crippen LogP contribution in [-0.4, -0.2) is 24.5 Å². The second kappa shape index (κ2) is 6.84. The van der Waals surface area contributed by atoms with E-state index in [0.29, 0.717) is 0 Å². The first-order valence-electron chi connectivity index (χ1n) is 6.13. The quantitative estimate of drug-likeness (QED) is 0.674. The monoisotopic (exact) mass is 295 g/mol. The largest absolute Gasteiger partial charge is 0.444 e. The van der Waals surface area contributed by atoms with E-state index in [1.807, 2.05) is 0 Å². The van der Waals surface area contributed by atoms with E-state index in [1.54, 1.807) is 20.8 Å². The van der Waals surface area contributed by atoms with Crippen LogP contribution >= 0.6 is 0 Å². The number of halogens is 2. The molecule has 1 aromatic rings. The topological polar surface area (TPSA) is 55.4 Å². The van der Waals surface area contributed by atoms with E-state index in [4.69, 9.17) is 4.74 Å². The Balaban J connectivity index is 2.68. The van der Waals surface area contributed by atoms with Crippen molar-refractivity contribution >= 4 is 12.4 Å². The maximum Gasteiger partial charge on any atom is 0.408 e. The highest BCUT2D eigenvalue weighted by Crippen LogP contribution is 2.14. The van der Waals surface area contributed by atoms with E-state index in [0.717, 1.165) is 12.1 Å². The maximum absolute atomic E-state index is 13.7. The number of ether oxygens (including phenoxy) is 1. The number of aldehydes is 1. The molecule has 1 rings (SSSR count). The minimum Gasteiger partial charge on any atom is -0.444 e. The van der Waals surface area contributed by atoms with E-state index in [9.17, 15) is 18.4 Å². The summed E-state index contributed by atoms with van der Waals surface area (Å²) >= 11 is 0. The van der Waals surface area contributed by atoms with E-state index in [1.165, 1.54) is 0 Å². The number of amides is 1. The van der Waals surface area contributed by atoms with Gasteiger partial charge in [-0.1, -0.05) is 11.8 Å². The van der Waals surface area contributed by atoms with Gasteiger partial charge in [-0.15, -0.1) is 0 Å². The Hall–Kier alpha value is -2.42. The SMILES string of the molecule is CC(C)(C)OC(=O)NCC#Cc1ccc(F)c(C=O)c1F. The van der Waals surface area contributed by atoms with Gasteiger partial charge in [-0.25, -0.2) is 13.6 Å². The predicted molar refractivity (Wildman–Crippen MR) is 72.9 cm³/mol. The zero-order valence-electron chi connectivity index (χ0n) is 11.9. The van der Waals surface area contributed by atoms with Crippen molar-refractivity contribution in [2.45, 2.75) is 26.4 Å². The van der Waals surface area contributed by atoms with E-state index in [-0.39, 0.29) is 18.4 Å². The van der Waals surface area contributed by atoms with Crippen molar-refractivity contribution in [1.29, 1.82) is 0 Å². The molecule has 0 aliphatic rings. The molecule has 0 bridgehead atoms. The number of alkyl carbamates (subject to hydrolysis) is 1. The van der Waals surface area contributed by atoms with Crippen LogP contribution in [0.5, 0.6) is 0 Å². The number of hydrogen-bond acceptors (Lipinski definition) is 3. The molecule has 0 unspecified atom stereocenters. The highest BCUT2D eigenvalue weighted by Gasteiger charge is 2.15. The molecule has 21 heavy (non-hydrogen) atoms. The lowest BCUT2D eigenvalue weighted by molar-refractivity contribution is 0.0535. The summed E-state index contributed by atoms with van der Waals surface area (Å²) < 4.78 is 31.7. The molecular weight excluding hydrogens is 280 g/mol. The molecule has 112 valence electrons. The van der Waals surface area contributed by atoms with Crippen molar-refractivity contribution in [2.24, 2.45) is 0 Å². The summed E-state index contributed by atoms with van der Waals surface area (Å²) in [6.45, 7) is 5.08. The average molecular weight is 295 g/mol. The molecule has 0 aliphatic carbocycles. The number of carbonyl (C=O) groups excluding carboxylic acids is 2. The molecular formula is C15H15F2NO3. The van der Waals surface area contributed by atoms with Gasteiger partial charge in [-0.2, -0.15) is 0 Å². The summed E-state index contributed by atoms with van der Waals surface area (Å²) in [5.41, 5.74) is -1.41. The highest BCUT2D eigenvalue weighted by atomic mass is 19.1. The Bertz CT molecular complexity index is 610. The molecule has 6 heteroatoms. The molecule has 0 spiro atoms. The van der Waals surface area contributed by atoms with Crippen LogP contribution in [0.2, 0.25) is 0 Å². The van der Waals surface area contributed by atoms with Crippen LogP contribution in [-0.2, 0) is 4.74 Å². The van der Waals surface area contributed by atoms with Crippen molar-refractivity contribution in [3.63, 3.8) is 0 Å². The van der Waals surface area contributed by atoms with Gasteiger partial charge in [0.25, 0.3) is 0 Å². The Kier molecular flexibility index (Phi) is 5.42. The molecule has 0 radical (unpaired) electrons. The van der Waals surface area contributed by atoms with Crippen LogP contribution in [0.15, 0.2) is 12.1 Å². The second-order valence-electron chi connectivity index (χ2n) is 5.10. The predicted octanol–water partition coefficient (Wildman–Crippen LogP) is 2.65. The molecule has 0 atom stereocenters. The molecule has 0 aromatic heterocycles. The van der Waals surface area contributed by atoms with Crippen molar-refractivity contribution in [3.8, 4) is 11.8 Å². The van der Waals surface area contributed by atoms with Crippen LogP contribution in [0, 0.1) is 23.5 Å². The molecule has 0 heterocycles. The smallest absolute Gasteiger partial charge is 0.408 e. The van der Waals surface area contributed by atoms with Crippen molar-refractivity contribution in [2.75, 3.05) is 6.54 Å². The molecule has 0 saturated carbocycles. The molecule has 0 saturated heterocycles. The third-order valence-electron chi connectivity index (χ3n) is 2.19. The molecule has 1 aromatic carbocycles. The zero-order valence-corrected chi connectivity index (χ0v) is 11.9. The van der Waals surface area contributed by atoms with E-state index < -0.39 is 28.9 Å². The van der Waals surface area contributed by atoms with Gasteiger partial charge in [0.15, 0.2) is 12.1 Å². The fourth-order valence-corrected chi connectivity index (χ4v) is 1.34. The summed E-state index contributed by atoms with van der Waals surface area (Å²) in [4.78, 5) is 21.9. The van der Waals surface area contributed by atoms with Gasteiger partial charge in [0.1, 0.15) is 11.4 Å². The number of carbonyl (C=O) groups is 2. The average Bonchev–Trinajstić information content (AvgIpc) is 2.35. The van der Waals surface area contributed by atoms with Crippen molar-refractivity contribution in [3.05, 3.63) is 34.9 Å². The highest BCUT2D eigenvalue weighted by molar-refractivity contribution is 5.76. The standard InChI is InChI=1S/C15H15F2NO3/c1-15(2,3)21-14(20)18-8-4-5-10-6-7-12(16)11(9-19)13(10)17/h6-7,9H,8H2,1-3H3,(H,18,20). The van der Waals surface area contributed by atoms with Gasteiger partial charge >= 0.3 is 6.09 Å². The van der Waals surface area contributed by atoms with Gasteiger partial charge in [-0.05, 0) is 32.9 Å². The lowest BCUT2D eigenvalue weighted by Crippen LogP contribution is -2.32. The number of hydrogen-bond donors (Lipinski definition) is 1. The first-order chi connectivity index (χ1) is 9.74. The van der Waals surface area contributed by atoms with Gasteiger partial charge in [0.2, 0.25) is 0 Å². The molecule has 0 fully saturated rings. The maximum atomic E-state index is 13.7. The molecule has 4 nitrogen and oxygen atoms in total. The molecule has 1 N–H and O–H groups in total. The van der Waals surface area contributed by atoms with E-state index >= 15 is 0 Å². The molecule has 0 aliphatic heterocycles. The third-order valence-corrected chi connectivity index (χ3v) is 2.19.